The number of aromatic nitrogens is 4. The van der Waals surface area contributed by atoms with Crippen LogP contribution >= 0.6 is 23.4 Å². The first kappa shape index (κ1) is 17.1. The molecule has 3 heterocycles. The summed E-state index contributed by atoms with van der Waals surface area (Å²) in [5.74, 6) is 1.00. The fourth-order valence-electron chi connectivity index (χ4n) is 3.01. The number of pyridine rings is 1. The largest absolute Gasteiger partial charge is 0.388 e. The van der Waals surface area contributed by atoms with Crippen molar-refractivity contribution >= 4 is 34.1 Å². The average molecular weight is 386 g/mol. The third-order valence-corrected chi connectivity index (χ3v) is 5.96. The van der Waals surface area contributed by atoms with Crippen molar-refractivity contribution in [1.29, 1.82) is 0 Å². The molecule has 3 unspecified atom stereocenters. The van der Waals surface area contributed by atoms with Crippen molar-refractivity contribution in [2.45, 2.75) is 11.4 Å². The third kappa shape index (κ3) is 3.33. The van der Waals surface area contributed by atoms with Gasteiger partial charge in [0.2, 0.25) is 0 Å². The van der Waals surface area contributed by atoms with Gasteiger partial charge in [0.25, 0.3) is 0 Å². The SMILES string of the molecule is Nc1cc(C2=CC(C(O)c3ccc(Cl)cc3)C(c3nnc[nH]3)S2)ccn1. The van der Waals surface area contributed by atoms with E-state index in [1.807, 2.05) is 24.3 Å². The quantitative estimate of drug-likeness (QED) is 0.634. The number of aromatic amines is 1. The van der Waals surface area contributed by atoms with Gasteiger partial charge in [-0.25, -0.2) is 4.98 Å². The molecule has 3 atom stereocenters. The highest BCUT2D eigenvalue weighted by molar-refractivity contribution is 8.08. The zero-order chi connectivity index (χ0) is 18.1. The summed E-state index contributed by atoms with van der Waals surface area (Å²) in [7, 11) is 0. The number of nitrogen functional groups attached to an aromatic ring is 1. The summed E-state index contributed by atoms with van der Waals surface area (Å²) in [6, 6.07) is 11.0. The second kappa shape index (κ2) is 7.11. The van der Waals surface area contributed by atoms with Gasteiger partial charge in [0.05, 0.1) is 11.4 Å². The predicted molar refractivity (Wildman–Crippen MR) is 103 cm³/mol. The standard InChI is InChI=1S/C18H16ClN5OS/c19-12-3-1-10(2-4-12)16(25)13-8-14(11-5-6-21-15(20)7-11)26-17(13)18-22-9-23-24-18/h1-9,13,16-17,25H,(H2,20,21)(H,22,23,24). The number of nitrogens with two attached hydrogens (primary N) is 1. The molecule has 3 aromatic rings. The molecule has 0 aliphatic carbocycles. The maximum Gasteiger partial charge on any atom is 0.144 e. The minimum absolute atomic E-state index is 0.0902. The molecule has 8 heteroatoms. The van der Waals surface area contributed by atoms with E-state index in [9.17, 15) is 5.11 Å². The summed E-state index contributed by atoms with van der Waals surface area (Å²) in [6.07, 6.45) is 4.58. The molecule has 132 valence electrons. The van der Waals surface area contributed by atoms with Crippen LogP contribution in [0.15, 0.2) is 55.0 Å². The van der Waals surface area contributed by atoms with E-state index in [1.54, 1.807) is 36.4 Å². The average Bonchev–Trinajstić information content (AvgIpc) is 3.31. The number of aliphatic hydroxyl groups is 1. The predicted octanol–water partition coefficient (Wildman–Crippen LogP) is 3.61. The number of benzene rings is 1. The number of aliphatic hydroxyl groups excluding tert-OH is 1. The summed E-state index contributed by atoms with van der Waals surface area (Å²) in [5, 5.41) is 19.6. The van der Waals surface area contributed by atoms with Crippen LogP contribution in [0.1, 0.15) is 28.3 Å². The topological polar surface area (TPSA) is 101 Å². The zero-order valence-electron chi connectivity index (χ0n) is 13.6. The smallest absolute Gasteiger partial charge is 0.144 e. The van der Waals surface area contributed by atoms with Gasteiger partial charge in [0.15, 0.2) is 0 Å². The van der Waals surface area contributed by atoms with E-state index in [1.165, 1.54) is 0 Å². The summed E-state index contributed by atoms with van der Waals surface area (Å²) in [6.45, 7) is 0. The molecule has 6 nitrogen and oxygen atoms in total. The van der Waals surface area contributed by atoms with Gasteiger partial charge in [0.1, 0.15) is 18.0 Å². The number of nitrogens with one attached hydrogen (secondary N) is 1. The van der Waals surface area contributed by atoms with Crippen LogP contribution in [0.2, 0.25) is 5.02 Å². The normalized spacial score (nSPS) is 20.8. The first-order chi connectivity index (χ1) is 12.6. The minimum Gasteiger partial charge on any atom is -0.388 e. The molecular formula is C18H16ClN5OS. The maximum atomic E-state index is 11.0. The Hall–Kier alpha value is -2.35. The van der Waals surface area contributed by atoms with Gasteiger partial charge in [0, 0.05) is 22.0 Å². The molecule has 1 aromatic carbocycles. The molecule has 1 aliphatic heterocycles. The maximum absolute atomic E-state index is 11.0. The van der Waals surface area contributed by atoms with Crippen LogP contribution in [0.25, 0.3) is 4.91 Å². The van der Waals surface area contributed by atoms with Crippen molar-refractivity contribution in [3.63, 3.8) is 0 Å². The fourth-order valence-corrected chi connectivity index (χ4v) is 4.52. The van der Waals surface area contributed by atoms with E-state index in [0.717, 1.165) is 21.9 Å². The van der Waals surface area contributed by atoms with Gasteiger partial charge in [-0.05, 0) is 35.4 Å². The highest BCUT2D eigenvalue weighted by Gasteiger charge is 2.37. The Bertz CT molecular complexity index is 929. The molecule has 1 aliphatic rings. The lowest BCUT2D eigenvalue weighted by atomic mass is 9.91. The highest BCUT2D eigenvalue weighted by Crippen LogP contribution is 2.54. The van der Waals surface area contributed by atoms with E-state index >= 15 is 0 Å². The van der Waals surface area contributed by atoms with Crippen molar-refractivity contribution in [3.8, 4) is 0 Å². The molecule has 26 heavy (non-hydrogen) atoms. The van der Waals surface area contributed by atoms with Crippen molar-refractivity contribution in [3.05, 3.63) is 77.0 Å². The van der Waals surface area contributed by atoms with Crippen LogP contribution in [0.4, 0.5) is 5.82 Å². The van der Waals surface area contributed by atoms with E-state index in [0.29, 0.717) is 10.8 Å². The molecule has 4 rings (SSSR count). The lowest BCUT2D eigenvalue weighted by Crippen LogP contribution is -2.15. The Morgan fingerprint density at radius 1 is 1.23 bits per heavy atom. The number of halogens is 1. The third-order valence-electron chi connectivity index (χ3n) is 4.29. The first-order valence-electron chi connectivity index (χ1n) is 8.01. The number of hydrogen-bond acceptors (Lipinski definition) is 6. The van der Waals surface area contributed by atoms with Gasteiger partial charge in [-0.3, -0.25) is 0 Å². The zero-order valence-corrected chi connectivity index (χ0v) is 15.2. The van der Waals surface area contributed by atoms with Gasteiger partial charge in [-0.1, -0.05) is 29.8 Å². The molecule has 0 saturated heterocycles. The number of anilines is 1. The summed E-state index contributed by atoms with van der Waals surface area (Å²) >= 11 is 7.59. The number of H-pyrrole nitrogens is 1. The first-order valence-corrected chi connectivity index (χ1v) is 9.27. The molecule has 0 bridgehead atoms. The van der Waals surface area contributed by atoms with Crippen molar-refractivity contribution in [2.24, 2.45) is 5.92 Å². The molecule has 0 fully saturated rings. The lowest BCUT2D eigenvalue weighted by molar-refractivity contribution is 0.130. The van der Waals surface area contributed by atoms with Crippen LogP contribution in [0.5, 0.6) is 0 Å². The van der Waals surface area contributed by atoms with Crippen LogP contribution < -0.4 is 5.73 Å². The monoisotopic (exact) mass is 385 g/mol. The lowest BCUT2D eigenvalue weighted by Gasteiger charge is -2.22. The minimum atomic E-state index is -0.702. The Balaban J connectivity index is 1.71. The van der Waals surface area contributed by atoms with E-state index in [-0.39, 0.29) is 11.2 Å². The van der Waals surface area contributed by atoms with Crippen LogP contribution in [-0.4, -0.2) is 25.3 Å². The van der Waals surface area contributed by atoms with Crippen LogP contribution in [-0.2, 0) is 0 Å². The summed E-state index contributed by atoms with van der Waals surface area (Å²) in [5.41, 5.74) is 7.59. The van der Waals surface area contributed by atoms with E-state index in [4.69, 9.17) is 17.3 Å². The summed E-state index contributed by atoms with van der Waals surface area (Å²) in [4.78, 5) is 8.13. The Morgan fingerprint density at radius 3 is 2.73 bits per heavy atom. The molecule has 4 N–H and O–H groups in total. The van der Waals surface area contributed by atoms with Crippen LogP contribution in [0, 0.1) is 5.92 Å². The Morgan fingerprint density at radius 2 is 2.04 bits per heavy atom. The van der Waals surface area contributed by atoms with E-state index in [2.05, 4.69) is 26.2 Å². The van der Waals surface area contributed by atoms with E-state index < -0.39 is 6.10 Å². The van der Waals surface area contributed by atoms with Gasteiger partial charge in [-0.15, -0.1) is 22.0 Å². The molecule has 0 spiro atoms. The molecule has 0 radical (unpaired) electrons. The number of hydrogen-bond donors (Lipinski definition) is 3. The fraction of sp³-hybridized carbons (Fsp3) is 0.167. The number of rotatable bonds is 4. The van der Waals surface area contributed by atoms with Gasteiger partial charge < -0.3 is 15.8 Å². The van der Waals surface area contributed by atoms with Gasteiger partial charge >= 0.3 is 0 Å². The molecule has 0 amide bonds. The van der Waals surface area contributed by atoms with Crippen molar-refractivity contribution in [1.82, 2.24) is 20.2 Å². The summed E-state index contributed by atoms with van der Waals surface area (Å²) < 4.78 is 0. The van der Waals surface area contributed by atoms with Crippen molar-refractivity contribution < 1.29 is 5.11 Å². The van der Waals surface area contributed by atoms with Crippen molar-refractivity contribution in [2.75, 3.05) is 5.73 Å². The second-order valence-corrected chi connectivity index (χ2v) is 7.61. The molecular weight excluding hydrogens is 370 g/mol. The molecule has 0 saturated carbocycles. The van der Waals surface area contributed by atoms with Crippen LogP contribution in [0.3, 0.4) is 0 Å². The number of thioether (sulfide) groups is 1. The second-order valence-electron chi connectivity index (χ2n) is 5.99. The highest BCUT2D eigenvalue weighted by atomic mass is 35.5. The number of nitrogens with zero attached hydrogens (tertiary/aromatic N) is 3. The van der Waals surface area contributed by atoms with Gasteiger partial charge in [-0.2, -0.15) is 0 Å². The Labute approximate surface area is 159 Å². The molecule has 2 aromatic heterocycles. The Kier molecular flexibility index (Phi) is 4.67.